The van der Waals surface area contributed by atoms with Crippen molar-refractivity contribution >= 4 is 33.5 Å². The molecule has 2 aromatic rings. The van der Waals surface area contributed by atoms with Crippen molar-refractivity contribution in [1.82, 2.24) is 4.98 Å². The van der Waals surface area contributed by atoms with Crippen molar-refractivity contribution in [2.75, 3.05) is 35.9 Å². The number of ether oxygens (including phenoxy) is 2. The molecule has 1 aliphatic rings. The van der Waals surface area contributed by atoms with Crippen molar-refractivity contribution in [2.45, 2.75) is 31.6 Å². The zero-order valence-corrected chi connectivity index (χ0v) is 19.3. The largest absolute Gasteiger partial charge is 0.494 e. The van der Waals surface area contributed by atoms with E-state index in [1.54, 1.807) is 24.0 Å². The van der Waals surface area contributed by atoms with Gasteiger partial charge in [0.1, 0.15) is 5.75 Å². The average Bonchev–Trinajstić information content (AvgIpc) is 2.79. The van der Waals surface area contributed by atoms with E-state index in [1.165, 1.54) is 24.4 Å². The summed E-state index contributed by atoms with van der Waals surface area (Å²) in [4.78, 5) is 29.7. The highest BCUT2D eigenvalue weighted by Crippen LogP contribution is 2.31. The molecule has 0 amide bonds. The minimum absolute atomic E-state index is 0.0133. The van der Waals surface area contributed by atoms with Gasteiger partial charge in [-0.1, -0.05) is 0 Å². The standard InChI is InChI=1S/C22H27N3O7S/c1-3-31-17-7-9-18(10-8-17)33(29,30)24-19-12-16(21(26)27)13-23-20(19)25-11-5-6-15(14-25)22(28)32-4-2/h7-10,12-13,15,24H,3-6,11,14H2,1-2H3,(H,26,27)/t15-/m1/s1. The third-order valence-electron chi connectivity index (χ3n) is 5.14. The number of nitrogens with zero attached hydrogens (tertiary/aromatic N) is 2. The Bertz CT molecular complexity index is 1100. The molecule has 0 unspecified atom stereocenters. The minimum Gasteiger partial charge on any atom is -0.494 e. The normalized spacial score (nSPS) is 16.2. The summed E-state index contributed by atoms with van der Waals surface area (Å²) in [6, 6.07) is 7.11. The van der Waals surface area contributed by atoms with Crippen molar-refractivity contribution in [3.05, 3.63) is 42.1 Å². The number of hydrogen-bond acceptors (Lipinski definition) is 8. The monoisotopic (exact) mass is 477 g/mol. The fourth-order valence-corrected chi connectivity index (χ4v) is 4.66. The van der Waals surface area contributed by atoms with Gasteiger partial charge in [-0.15, -0.1) is 0 Å². The van der Waals surface area contributed by atoms with Crippen LogP contribution in [0.25, 0.3) is 0 Å². The molecule has 1 atom stereocenters. The lowest BCUT2D eigenvalue weighted by atomic mass is 9.98. The van der Waals surface area contributed by atoms with Gasteiger partial charge in [0.05, 0.1) is 35.3 Å². The molecule has 33 heavy (non-hydrogen) atoms. The lowest BCUT2D eigenvalue weighted by Gasteiger charge is -2.33. The molecule has 11 heteroatoms. The van der Waals surface area contributed by atoms with Gasteiger partial charge in [0, 0.05) is 19.3 Å². The Morgan fingerprint density at radius 1 is 1.21 bits per heavy atom. The zero-order valence-electron chi connectivity index (χ0n) is 18.5. The van der Waals surface area contributed by atoms with E-state index in [4.69, 9.17) is 9.47 Å². The number of aromatic nitrogens is 1. The molecule has 0 aliphatic carbocycles. The Morgan fingerprint density at radius 2 is 1.94 bits per heavy atom. The van der Waals surface area contributed by atoms with E-state index in [-0.39, 0.29) is 47.0 Å². The second-order valence-electron chi connectivity index (χ2n) is 7.45. The summed E-state index contributed by atoms with van der Waals surface area (Å²) in [5.41, 5.74) is -0.143. The number of sulfonamides is 1. The van der Waals surface area contributed by atoms with Gasteiger partial charge in [-0.3, -0.25) is 9.52 Å². The molecule has 2 N–H and O–H groups in total. The lowest BCUT2D eigenvalue weighted by Crippen LogP contribution is -2.40. The summed E-state index contributed by atoms with van der Waals surface area (Å²) in [5, 5.41) is 9.37. The maximum absolute atomic E-state index is 13.0. The van der Waals surface area contributed by atoms with E-state index < -0.39 is 16.0 Å². The second-order valence-corrected chi connectivity index (χ2v) is 9.13. The van der Waals surface area contributed by atoms with E-state index in [0.29, 0.717) is 31.7 Å². The quantitative estimate of drug-likeness (QED) is 0.523. The van der Waals surface area contributed by atoms with Crippen molar-refractivity contribution in [3.8, 4) is 5.75 Å². The summed E-state index contributed by atoms with van der Waals surface area (Å²) < 4.78 is 39.0. The molecule has 1 aromatic carbocycles. The molecular formula is C22H27N3O7S. The highest BCUT2D eigenvalue weighted by Gasteiger charge is 2.30. The van der Waals surface area contributed by atoms with Gasteiger partial charge in [-0.25, -0.2) is 18.2 Å². The Labute approximate surface area is 192 Å². The van der Waals surface area contributed by atoms with Crippen LogP contribution in [0.2, 0.25) is 0 Å². The number of carbonyl (C=O) groups is 2. The first kappa shape index (κ1) is 24.3. The number of nitrogens with one attached hydrogen (secondary N) is 1. The highest BCUT2D eigenvalue weighted by atomic mass is 32.2. The Kier molecular flexibility index (Phi) is 7.75. The van der Waals surface area contributed by atoms with Crippen LogP contribution >= 0.6 is 0 Å². The number of rotatable bonds is 9. The molecule has 3 rings (SSSR count). The number of carboxylic acid groups (broad SMARTS) is 1. The topological polar surface area (TPSA) is 135 Å². The van der Waals surface area contributed by atoms with Crippen LogP contribution in [-0.2, 0) is 19.6 Å². The number of carbonyl (C=O) groups excluding carboxylic acids is 1. The van der Waals surface area contributed by atoms with Gasteiger partial charge in [-0.05, 0) is 57.0 Å². The van der Waals surface area contributed by atoms with Crippen LogP contribution < -0.4 is 14.4 Å². The molecule has 0 spiro atoms. The second kappa shape index (κ2) is 10.5. The number of anilines is 2. The molecule has 0 radical (unpaired) electrons. The molecule has 0 saturated carbocycles. The fraction of sp³-hybridized carbons (Fsp3) is 0.409. The molecule has 2 heterocycles. The molecule has 1 saturated heterocycles. The zero-order chi connectivity index (χ0) is 24.0. The summed E-state index contributed by atoms with van der Waals surface area (Å²) >= 11 is 0. The number of hydrogen-bond donors (Lipinski definition) is 2. The number of carboxylic acids is 1. The minimum atomic E-state index is -4.04. The fourth-order valence-electron chi connectivity index (χ4n) is 3.61. The van der Waals surface area contributed by atoms with Gasteiger partial charge >= 0.3 is 11.9 Å². The van der Waals surface area contributed by atoms with Gasteiger partial charge in [-0.2, -0.15) is 0 Å². The average molecular weight is 478 g/mol. The van der Waals surface area contributed by atoms with Gasteiger partial charge < -0.3 is 19.5 Å². The first-order valence-electron chi connectivity index (χ1n) is 10.7. The van der Waals surface area contributed by atoms with Crippen LogP contribution in [0.3, 0.4) is 0 Å². The molecule has 1 aromatic heterocycles. The van der Waals surface area contributed by atoms with E-state index >= 15 is 0 Å². The molecule has 10 nitrogen and oxygen atoms in total. The number of benzene rings is 1. The maximum Gasteiger partial charge on any atom is 0.337 e. The molecule has 0 bridgehead atoms. The van der Waals surface area contributed by atoms with Crippen molar-refractivity contribution in [2.24, 2.45) is 5.92 Å². The van der Waals surface area contributed by atoms with Crippen molar-refractivity contribution in [1.29, 1.82) is 0 Å². The van der Waals surface area contributed by atoms with Gasteiger partial charge in [0.15, 0.2) is 5.82 Å². The number of esters is 1. The summed E-state index contributed by atoms with van der Waals surface area (Å²) in [6.07, 6.45) is 2.49. The number of pyridine rings is 1. The first-order chi connectivity index (χ1) is 15.7. The van der Waals surface area contributed by atoms with Crippen LogP contribution in [0.1, 0.15) is 37.0 Å². The Hall–Kier alpha value is -3.34. The molecular weight excluding hydrogens is 450 g/mol. The van der Waals surface area contributed by atoms with Crippen LogP contribution in [0, 0.1) is 5.92 Å². The van der Waals surface area contributed by atoms with Crippen molar-refractivity contribution in [3.63, 3.8) is 0 Å². The SMILES string of the molecule is CCOC(=O)[C@@H]1CCCN(c2ncc(C(=O)O)cc2NS(=O)(=O)c2ccc(OCC)cc2)C1. The van der Waals surface area contributed by atoms with Crippen molar-refractivity contribution < 1.29 is 32.6 Å². The predicted molar refractivity (Wildman–Crippen MR) is 121 cm³/mol. The summed E-state index contributed by atoms with van der Waals surface area (Å²) in [5.74, 6) is -1.15. The third-order valence-corrected chi connectivity index (χ3v) is 6.53. The van der Waals surface area contributed by atoms with Crippen LogP contribution in [0.15, 0.2) is 41.4 Å². The van der Waals surface area contributed by atoms with E-state index in [0.717, 1.165) is 0 Å². The van der Waals surface area contributed by atoms with Crippen LogP contribution in [0.4, 0.5) is 11.5 Å². The molecule has 1 fully saturated rings. The van der Waals surface area contributed by atoms with E-state index in [2.05, 4.69) is 9.71 Å². The molecule has 178 valence electrons. The smallest absolute Gasteiger partial charge is 0.337 e. The Morgan fingerprint density at radius 3 is 2.58 bits per heavy atom. The number of aromatic carboxylic acids is 1. The Balaban J connectivity index is 1.92. The molecule has 1 aliphatic heterocycles. The van der Waals surface area contributed by atoms with Crippen LogP contribution in [0.5, 0.6) is 5.75 Å². The number of piperidine rings is 1. The van der Waals surface area contributed by atoms with E-state index in [1.807, 2.05) is 6.92 Å². The maximum atomic E-state index is 13.0. The van der Waals surface area contributed by atoms with Crippen LogP contribution in [-0.4, -0.2) is 56.8 Å². The highest BCUT2D eigenvalue weighted by molar-refractivity contribution is 7.92. The van der Waals surface area contributed by atoms with Gasteiger partial charge in [0.2, 0.25) is 0 Å². The first-order valence-corrected chi connectivity index (χ1v) is 12.1. The third kappa shape index (κ3) is 5.92. The van der Waals surface area contributed by atoms with Gasteiger partial charge in [0.25, 0.3) is 10.0 Å². The predicted octanol–water partition coefficient (Wildman–Crippen LogP) is 2.76. The summed E-state index contributed by atoms with van der Waals surface area (Å²) in [7, 11) is -4.04. The van der Waals surface area contributed by atoms with E-state index in [9.17, 15) is 23.1 Å². The lowest BCUT2D eigenvalue weighted by molar-refractivity contribution is -0.148. The summed E-state index contributed by atoms with van der Waals surface area (Å²) in [6.45, 7) is 5.10.